The van der Waals surface area contributed by atoms with Crippen LogP contribution in [0, 0.1) is 6.92 Å². The molecule has 0 aliphatic carbocycles. The lowest BCUT2D eigenvalue weighted by molar-refractivity contribution is 0.0535. The predicted molar refractivity (Wildman–Crippen MR) is 90.6 cm³/mol. The maximum absolute atomic E-state index is 12.6. The Hall–Kier alpha value is -1.62. The van der Waals surface area contributed by atoms with Gasteiger partial charge in [0.2, 0.25) is 0 Å². The number of aryl methyl sites for hydroxylation is 2. The molecule has 0 aliphatic rings. The quantitative estimate of drug-likeness (QED) is 0.815. The van der Waals surface area contributed by atoms with E-state index in [-0.39, 0.29) is 6.09 Å². The van der Waals surface area contributed by atoms with Crippen molar-refractivity contribution in [2.24, 2.45) is 0 Å². The largest absolute Gasteiger partial charge is 0.460 e. The zero-order valence-corrected chi connectivity index (χ0v) is 14.6. The minimum Gasteiger partial charge on any atom is -0.460 e. The molecule has 0 unspecified atom stereocenters. The zero-order valence-electron chi connectivity index (χ0n) is 13.8. The highest BCUT2D eigenvalue weighted by Crippen LogP contribution is 2.26. The second kappa shape index (κ2) is 6.65. The van der Waals surface area contributed by atoms with Crippen LogP contribution in [0.1, 0.15) is 32.2 Å². The number of nitrogens with zero attached hydrogens (tertiary/aromatic N) is 1. The summed E-state index contributed by atoms with van der Waals surface area (Å²) in [7, 11) is 0. The molecular weight excluding hydrogens is 298 g/mol. The second-order valence-electron chi connectivity index (χ2n) is 6.18. The van der Waals surface area contributed by atoms with Crippen molar-refractivity contribution < 1.29 is 13.9 Å². The van der Waals surface area contributed by atoms with Gasteiger partial charge in [-0.1, -0.05) is 0 Å². The van der Waals surface area contributed by atoms with Crippen molar-refractivity contribution in [2.45, 2.75) is 39.7 Å². The van der Waals surface area contributed by atoms with Crippen LogP contribution in [0.5, 0.6) is 0 Å². The van der Waals surface area contributed by atoms with Crippen molar-refractivity contribution in [3.05, 3.63) is 35.7 Å². The third kappa shape index (κ3) is 3.97. The molecular formula is C17H23NO3S. The van der Waals surface area contributed by atoms with Gasteiger partial charge in [0, 0.05) is 5.69 Å². The van der Waals surface area contributed by atoms with E-state index in [1.165, 1.54) is 0 Å². The molecule has 0 fully saturated rings. The van der Waals surface area contributed by atoms with Gasteiger partial charge in [0.05, 0.1) is 5.69 Å². The van der Waals surface area contributed by atoms with Crippen LogP contribution in [-0.4, -0.2) is 28.3 Å². The summed E-state index contributed by atoms with van der Waals surface area (Å²) in [6.07, 6.45) is 2.50. The molecule has 0 aromatic carbocycles. The Balaban J connectivity index is 2.41. The number of thioether (sulfide) groups is 1. The summed E-state index contributed by atoms with van der Waals surface area (Å²) in [5.41, 5.74) is 1.14. The number of ether oxygens (including phenoxy) is 1. The van der Waals surface area contributed by atoms with Gasteiger partial charge in [0.1, 0.15) is 11.4 Å². The van der Waals surface area contributed by atoms with Crippen molar-refractivity contribution >= 4 is 17.9 Å². The third-order valence-electron chi connectivity index (χ3n) is 3.09. The molecule has 0 aliphatic heterocycles. The first-order valence-corrected chi connectivity index (χ1v) is 8.71. The number of carbonyl (C=O) groups excluding carboxylic acids is 1. The van der Waals surface area contributed by atoms with E-state index in [9.17, 15) is 4.79 Å². The molecule has 2 rings (SSSR count). The molecule has 2 heterocycles. The minimum absolute atomic E-state index is 0.363. The lowest BCUT2D eigenvalue weighted by Gasteiger charge is -2.21. The summed E-state index contributed by atoms with van der Waals surface area (Å²) in [5.74, 6) is 2.44. The number of rotatable bonds is 4. The lowest BCUT2D eigenvalue weighted by atomic mass is 10.2. The SMILES string of the molecule is CSCCc1ccc(-c2ccc(C)o2)n1C(=O)OC(C)(C)C. The first-order chi connectivity index (χ1) is 10.3. The standard InChI is InChI=1S/C17H23NO3S/c1-12-6-9-15(20-12)14-8-7-13(10-11-22-5)18(14)16(19)21-17(2,3)4/h6-9H,10-11H2,1-5H3. The van der Waals surface area contributed by atoms with Gasteiger partial charge in [0.25, 0.3) is 0 Å². The number of aromatic nitrogens is 1. The minimum atomic E-state index is -0.533. The Labute approximate surface area is 135 Å². The van der Waals surface area contributed by atoms with Crippen LogP contribution in [0.4, 0.5) is 4.79 Å². The fourth-order valence-electron chi connectivity index (χ4n) is 2.17. The maximum Gasteiger partial charge on any atom is 0.419 e. The summed E-state index contributed by atoms with van der Waals surface area (Å²) in [4.78, 5) is 12.6. The van der Waals surface area contributed by atoms with E-state index >= 15 is 0 Å². The van der Waals surface area contributed by atoms with Gasteiger partial charge in [-0.25, -0.2) is 9.36 Å². The van der Waals surface area contributed by atoms with E-state index in [0.717, 1.165) is 29.3 Å². The first-order valence-electron chi connectivity index (χ1n) is 7.31. The summed E-state index contributed by atoms with van der Waals surface area (Å²) in [5, 5.41) is 0. The van der Waals surface area contributed by atoms with Crippen LogP contribution < -0.4 is 0 Å². The second-order valence-corrected chi connectivity index (χ2v) is 7.16. The number of carbonyl (C=O) groups is 1. The summed E-state index contributed by atoms with van der Waals surface area (Å²) in [6, 6.07) is 7.65. The summed E-state index contributed by atoms with van der Waals surface area (Å²) < 4.78 is 12.8. The molecule has 4 nitrogen and oxygen atoms in total. The highest BCUT2D eigenvalue weighted by molar-refractivity contribution is 7.98. The van der Waals surface area contributed by atoms with Crippen LogP contribution >= 0.6 is 11.8 Å². The predicted octanol–water partition coefficient (Wildman–Crippen LogP) is 4.75. The highest BCUT2D eigenvalue weighted by Gasteiger charge is 2.23. The molecule has 120 valence electrons. The van der Waals surface area contributed by atoms with Gasteiger partial charge >= 0.3 is 6.09 Å². The molecule has 0 spiro atoms. The van der Waals surface area contributed by atoms with E-state index in [4.69, 9.17) is 9.15 Å². The topological polar surface area (TPSA) is 44.4 Å². The molecule has 2 aromatic heterocycles. The van der Waals surface area contributed by atoms with Crippen molar-refractivity contribution in [2.75, 3.05) is 12.0 Å². The molecule has 5 heteroatoms. The van der Waals surface area contributed by atoms with Gasteiger partial charge in [0.15, 0.2) is 5.76 Å². The monoisotopic (exact) mass is 321 g/mol. The lowest BCUT2D eigenvalue weighted by Crippen LogP contribution is -2.28. The van der Waals surface area contributed by atoms with E-state index in [2.05, 4.69) is 6.26 Å². The van der Waals surface area contributed by atoms with Gasteiger partial charge in [-0.05, 0) is 70.4 Å². The molecule has 0 atom stereocenters. The molecule has 22 heavy (non-hydrogen) atoms. The Morgan fingerprint density at radius 3 is 2.55 bits per heavy atom. The highest BCUT2D eigenvalue weighted by atomic mass is 32.2. The molecule has 0 N–H and O–H groups in total. The Kier molecular flexibility index (Phi) is 5.06. The van der Waals surface area contributed by atoms with Crippen molar-refractivity contribution in [1.29, 1.82) is 0 Å². The van der Waals surface area contributed by atoms with E-state index in [1.807, 2.05) is 52.0 Å². The summed E-state index contributed by atoms with van der Waals surface area (Å²) >= 11 is 1.75. The number of hydrogen-bond acceptors (Lipinski definition) is 4. The van der Waals surface area contributed by atoms with Crippen LogP contribution in [0.25, 0.3) is 11.5 Å². The fraction of sp³-hybridized carbons (Fsp3) is 0.471. The van der Waals surface area contributed by atoms with E-state index < -0.39 is 5.60 Å². The Morgan fingerprint density at radius 1 is 1.27 bits per heavy atom. The molecule has 0 saturated carbocycles. The van der Waals surface area contributed by atoms with E-state index in [1.54, 1.807) is 16.3 Å². The van der Waals surface area contributed by atoms with Crippen LogP contribution in [0.15, 0.2) is 28.7 Å². The van der Waals surface area contributed by atoms with Gasteiger partial charge < -0.3 is 9.15 Å². The first kappa shape index (κ1) is 16.7. The maximum atomic E-state index is 12.6. The zero-order chi connectivity index (χ0) is 16.3. The van der Waals surface area contributed by atoms with Gasteiger partial charge in [-0.2, -0.15) is 11.8 Å². The molecule has 0 radical (unpaired) electrons. The van der Waals surface area contributed by atoms with Crippen molar-refractivity contribution in [3.8, 4) is 11.5 Å². The molecule has 0 saturated heterocycles. The number of hydrogen-bond donors (Lipinski definition) is 0. The van der Waals surface area contributed by atoms with Crippen LogP contribution in [0.3, 0.4) is 0 Å². The summed E-state index contributed by atoms with van der Waals surface area (Å²) in [6.45, 7) is 7.49. The molecule has 0 bridgehead atoms. The fourth-order valence-corrected chi connectivity index (χ4v) is 2.58. The smallest absolute Gasteiger partial charge is 0.419 e. The van der Waals surface area contributed by atoms with Gasteiger partial charge in [-0.15, -0.1) is 0 Å². The molecule has 2 aromatic rings. The number of furan rings is 1. The Bertz CT molecular complexity index is 649. The Morgan fingerprint density at radius 2 is 2.00 bits per heavy atom. The van der Waals surface area contributed by atoms with Crippen molar-refractivity contribution in [1.82, 2.24) is 4.57 Å². The van der Waals surface area contributed by atoms with E-state index in [0.29, 0.717) is 5.76 Å². The third-order valence-corrected chi connectivity index (χ3v) is 3.71. The van der Waals surface area contributed by atoms with Gasteiger partial charge in [-0.3, -0.25) is 0 Å². The average molecular weight is 321 g/mol. The normalized spacial score (nSPS) is 11.7. The van der Waals surface area contributed by atoms with Crippen LogP contribution in [-0.2, 0) is 11.2 Å². The molecule has 0 amide bonds. The van der Waals surface area contributed by atoms with Crippen LogP contribution in [0.2, 0.25) is 0 Å². The van der Waals surface area contributed by atoms with Crippen molar-refractivity contribution in [3.63, 3.8) is 0 Å². The average Bonchev–Trinajstić information content (AvgIpc) is 3.00.